The summed E-state index contributed by atoms with van der Waals surface area (Å²) in [7, 11) is 1.83. The topological polar surface area (TPSA) is 99.0 Å². The van der Waals surface area contributed by atoms with Gasteiger partial charge in [0.2, 0.25) is 5.91 Å². The van der Waals surface area contributed by atoms with E-state index in [0.29, 0.717) is 30.1 Å². The van der Waals surface area contributed by atoms with Crippen molar-refractivity contribution in [3.8, 4) is 0 Å². The highest BCUT2D eigenvalue weighted by Gasteiger charge is 2.38. The quantitative estimate of drug-likeness (QED) is 0.886. The largest absolute Gasteiger partial charge is 0.368 e. The Morgan fingerprint density at radius 1 is 1.36 bits per heavy atom. The van der Waals surface area contributed by atoms with Gasteiger partial charge in [0.25, 0.3) is 5.91 Å². The summed E-state index contributed by atoms with van der Waals surface area (Å²) < 4.78 is 3.63. The highest BCUT2D eigenvalue weighted by atomic mass is 16.2. The number of hydrogen-bond donors (Lipinski definition) is 1. The minimum atomic E-state index is -0.791. The van der Waals surface area contributed by atoms with Crippen molar-refractivity contribution in [1.82, 2.24) is 24.5 Å². The van der Waals surface area contributed by atoms with E-state index in [1.54, 1.807) is 10.9 Å². The number of carbonyl (C=O) groups excluding carboxylic acids is 2. The van der Waals surface area contributed by atoms with Crippen LogP contribution in [0.15, 0.2) is 12.3 Å². The number of aryl methyl sites for hydroxylation is 2. The Bertz CT molecular complexity index is 847. The molecule has 2 aromatic heterocycles. The van der Waals surface area contributed by atoms with Crippen molar-refractivity contribution in [3.05, 3.63) is 34.9 Å². The van der Waals surface area contributed by atoms with Crippen LogP contribution in [-0.2, 0) is 24.8 Å². The molecule has 0 saturated heterocycles. The zero-order valence-electron chi connectivity index (χ0n) is 14.5. The molecule has 4 rings (SSSR count). The lowest BCUT2D eigenvalue weighted by atomic mass is 9.98. The minimum absolute atomic E-state index is 0.243. The van der Waals surface area contributed by atoms with Gasteiger partial charge in [0.05, 0.1) is 6.20 Å². The fraction of sp³-hybridized carbons (Fsp3) is 0.529. The molecule has 1 saturated carbocycles. The van der Waals surface area contributed by atoms with E-state index in [1.807, 2.05) is 24.7 Å². The van der Waals surface area contributed by atoms with E-state index < -0.39 is 11.9 Å². The smallest absolute Gasteiger partial charge is 0.275 e. The maximum Gasteiger partial charge on any atom is 0.275 e. The first-order valence-electron chi connectivity index (χ1n) is 8.70. The molecule has 1 fully saturated rings. The summed E-state index contributed by atoms with van der Waals surface area (Å²) in [5.74, 6) is -0.278. The lowest BCUT2D eigenvalue weighted by Crippen LogP contribution is -2.46. The average molecular weight is 342 g/mol. The normalized spacial score (nSPS) is 19.8. The Morgan fingerprint density at radius 2 is 2.12 bits per heavy atom. The molecule has 1 atom stereocenters. The summed E-state index contributed by atoms with van der Waals surface area (Å²) in [6, 6.07) is 1.08. The first-order valence-corrected chi connectivity index (χ1v) is 8.70. The molecule has 2 aromatic rings. The summed E-state index contributed by atoms with van der Waals surface area (Å²) in [6.07, 6.45) is 4.56. The van der Waals surface area contributed by atoms with Crippen molar-refractivity contribution >= 4 is 11.8 Å². The third-order valence-electron chi connectivity index (χ3n) is 5.15. The molecular weight excluding hydrogens is 320 g/mol. The molecule has 0 aromatic carbocycles. The summed E-state index contributed by atoms with van der Waals surface area (Å²) >= 11 is 0. The van der Waals surface area contributed by atoms with E-state index in [-0.39, 0.29) is 5.91 Å². The summed E-state index contributed by atoms with van der Waals surface area (Å²) in [4.78, 5) is 26.7. The lowest BCUT2D eigenvalue weighted by molar-refractivity contribution is -0.123. The molecule has 3 heterocycles. The van der Waals surface area contributed by atoms with Crippen LogP contribution in [0.1, 0.15) is 59.2 Å². The summed E-state index contributed by atoms with van der Waals surface area (Å²) in [5, 5.41) is 8.68. The number of primary amides is 1. The van der Waals surface area contributed by atoms with Crippen LogP contribution in [0.2, 0.25) is 0 Å². The maximum atomic E-state index is 13.1. The Morgan fingerprint density at radius 3 is 2.76 bits per heavy atom. The first kappa shape index (κ1) is 15.9. The van der Waals surface area contributed by atoms with Gasteiger partial charge in [-0.05, 0) is 25.8 Å². The van der Waals surface area contributed by atoms with E-state index in [0.717, 1.165) is 30.8 Å². The molecule has 2 amide bonds. The maximum absolute atomic E-state index is 13.1. The molecule has 0 radical (unpaired) electrons. The molecular formula is C17H22N6O2. The molecule has 25 heavy (non-hydrogen) atoms. The highest BCUT2D eigenvalue weighted by molar-refractivity contribution is 5.96. The second kappa shape index (κ2) is 5.72. The predicted octanol–water partition coefficient (Wildman–Crippen LogP) is 0.739. The Labute approximate surface area is 145 Å². The average Bonchev–Trinajstić information content (AvgIpc) is 3.25. The number of rotatable bonds is 4. The molecule has 132 valence electrons. The zero-order valence-corrected chi connectivity index (χ0v) is 14.5. The molecule has 0 spiro atoms. The Hall–Kier alpha value is -2.64. The van der Waals surface area contributed by atoms with Gasteiger partial charge in [-0.1, -0.05) is 0 Å². The van der Waals surface area contributed by atoms with E-state index in [2.05, 4.69) is 10.2 Å². The zero-order chi connectivity index (χ0) is 17.7. The second-order valence-electron chi connectivity index (χ2n) is 6.77. The number of carbonyl (C=O) groups is 2. The number of fused-ring (bicyclic) bond motifs is 1. The molecule has 1 aliphatic carbocycles. The predicted molar refractivity (Wildman–Crippen MR) is 89.8 cm³/mol. The van der Waals surface area contributed by atoms with Gasteiger partial charge in [-0.25, -0.2) is 0 Å². The number of nitrogens with two attached hydrogens (primary N) is 1. The number of nitrogens with zero attached hydrogens (tertiary/aromatic N) is 5. The van der Waals surface area contributed by atoms with Crippen molar-refractivity contribution in [2.45, 2.75) is 44.7 Å². The van der Waals surface area contributed by atoms with Crippen molar-refractivity contribution in [1.29, 1.82) is 0 Å². The number of aromatic nitrogens is 4. The van der Waals surface area contributed by atoms with Crippen molar-refractivity contribution in [3.63, 3.8) is 0 Å². The van der Waals surface area contributed by atoms with Gasteiger partial charge >= 0.3 is 0 Å². The number of hydrogen-bond acceptors (Lipinski definition) is 4. The van der Waals surface area contributed by atoms with Gasteiger partial charge in [0.15, 0.2) is 5.69 Å². The molecule has 2 aliphatic rings. The van der Waals surface area contributed by atoms with Crippen LogP contribution in [0.3, 0.4) is 0 Å². The Kier molecular flexibility index (Phi) is 3.63. The van der Waals surface area contributed by atoms with Crippen molar-refractivity contribution in [2.24, 2.45) is 12.8 Å². The Balaban J connectivity index is 1.68. The highest BCUT2D eigenvalue weighted by Crippen LogP contribution is 2.40. The van der Waals surface area contributed by atoms with Gasteiger partial charge in [-0.15, -0.1) is 0 Å². The van der Waals surface area contributed by atoms with Gasteiger partial charge in [-0.2, -0.15) is 10.2 Å². The van der Waals surface area contributed by atoms with Crippen LogP contribution in [0.4, 0.5) is 0 Å². The van der Waals surface area contributed by atoms with E-state index in [4.69, 9.17) is 5.73 Å². The third-order valence-corrected chi connectivity index (χ3v) is 5.15. The summed E-state index contributed by atoms with van der Waals surface area (Å²) in [5.41, 5.74) is 8.79. The molecule has 1 unspecified atom stereocenters. The van der Waals surface area contributed by atoms with E-state index in [1.165, 1.54) is 4.90 Å². The first-order chi connectivity index (χ1) is 12.0. The monoisotopic (exact) mass is 342 g/mol. The van der Waals surface area contributed by atoms with Crippen LogP contribution in [-0.4, -0.2) is 42.8 Å². The van der Waals surface area contributed by atoms with Crippen molar-refractivity contribution < 1.29 is 9.59 Å². The van der Waals surface area contributed by atoms with Gasteiger partial charge < -0.3 is 10.6 Å². The molecule has 8 heteroatoms. The van der Waals surface area contributed by atoms with Crippen LogP contribution in [0, 0.1) is 0 Å². The molecule has 2 N–H and O–H groups in total. The van der Waals surface area contributed by atoms with Crippen LogP contribution >= 0.6 is 0 Å². The summed E-state index contributed by atoms with van der Waals surface area (Å²) in [6.45, 7) is 3.17. The second-order valence-corrected chi connectivity index (χ2v) is 6.77. The van der Waals surface area contributed by atoms with Gasteiger partial charge in [0.1, 0.15) is 6.04 Å². The molecule has 0 bridgehead atoms. The van der Waals surface area contributed by atoms with Gasteiger partial charge in [0, 0.05) is 49.4 Å². The minimum Gasteiger partial charge on any atom is -0.368 e. The fourth-order valence-corrected chi connectivity index (χ4v) is 3.71. The molecule has 8 nitrogen and oxygen atoms in total. The molecule has 1 aliphatic heterocycles. The van der Waals surface area contributed by atoms with E-state index >= 15 is 0 Å². The fourth-order valence-electron chi connectivity index (χ4n) is 3.71. The van der Waals surface area contributed by atoms with Crippen molar-refractivity contribution in [2.75, 3.05) is 6.54 Å². The number of amides is 2. The van der Waals surface area contributed by atoms with Crippen LogP contribution < -0.4 is 5.73 Å². The van der Waals surface area contributed by atoms with E-state index in [9.17, 15) is 9.59 Å². The van der Waals surface area contributed by atoms with Crippen LogP contribution in [0.25, 0.3) is 0 Å². The third kappa shape index (κ3) is 2.52. The standard InChI is InChI=1S/C17H22N6O2/c1-3-23-14(10-4-5-10)8-12(20-23)17(25)22-7-6-13-11(9-19-21(13)2)15(22)16(18)24/h8-10,15H,3-7H2,1-2H3,(H2,18,24). The lowest BCUT2D eigenvalue weighted by Gasteiger charge is -2.33. The van der Waals surface area contributed by atoms with Gasteiger partial charge in [-0.3, -0.25) is 19.0 Å². The van der Waals surface area contributed by atoms with Crippen LogP contribution in [0.5, 0.6) is 0 Å². The SMILES string of the molecule is CCn1nc(C(=O)N2CCc3c(cnn3C)C2C(N)=O)cc1C1CC1.